The Morgan fingerprint density at radius 2 is 1.59 bits per heavy atom. The van der Waals surface area contributed by atoms with Gasteiger partial charge in [0.2, 0.25) is 0 Å². The lowest BCUT2D eigenvalue weighted by molar-refractivity contribution is -0.0530. The highest BCUT2D eigenvalue weighted by Crippen LogP contribution is 2.44. The molecule has 0 saturated carbocycles. The third-order valence-electron chi connectivity index (χ3n) is 5.51. The molecule has 1 heterocycles. The molecule has 1 fully saturated rings. The molecule has 2 atom stereocenters. The second kappa shape index (κ2) is 8.60. The van der Waals surface area contributed by atoms with Crippen LogP contribution in [0.3, 0.4) is 0 Å². The van der Waals surface area contributed by atoms with Crippen LogP contribution in [0.2, 0.25) is 0 Å². The first-order valence-corrected chi connectivity index (χ1v) is 11.5. The SMILES string of the molecule is C/C(OS(=O)(=O)C(F)(F)F)=C1/CC[C@@H](c2ccccc2)O[C@H]1c1ccc2ccccc2c1. The monoisotopic (exact) mass is 462 g/mol. The van der Waals surface area contributed by atoms with Crippen LogP contribution in [0.15, 0.2) is 84.1 Å². The van der Waals surface area contributed by atoms with Crippen molar-refractivity contribution in [2.75, 3.05) is 0 Å². The quantitative estimate of drug-likeness (QED) is 0.250. The van der Waals surface area contributed by atoms with Gasteiger partial charge in [0.25, 0.3) is 0 Å². The Morgan fingerprint density at radius 3 is 2.28 bits per heavy atom. The third-order valence-corrected chi connectivity index (χ3v) is 6.55. The minimum Gasteiger partial charge on any atom is -0.381 e. The minimum absolute atomic E-state index is 0.288. The van der Waals surface area contributed by atoms with Crippen molar-refractivity contribution in [3.8, 4) is 0 Å². The Kier molecular flexibility index (Phi) is 6.01. The topological polar surface area (TPSA) is 52.6 Å². The van der Waals surface area contributed by atoms with Crippen LogP contribution in [-0.2, 0) is 19.0 Å². The zero-order valence-electron chi connectivity index (χ0n) is 17.2. The van der Waals surface area contributed by atoms with Gasteiger partial charge in [0.05, 0.1) is 6.10 Å². The number of benzene rings is 3. The van der Waals surface area contributed by atoms with Crippen LogP contribution < -0.4 is 0 Å². The van der Waals surface area contributed by atoms with E-state index in [0.29, 0.717) is 24.0 Å². The molecule has 32 heavy (non-hydrogen) atoms. The summed E-state index contributed by atoms with van der Waals surface area (Å²) >= 11 is 0. The van der Waals surface area contributed by atoms with E-state index < -0.39 is 21.7 Å². The molecule has 0 spiro atoms. The van der Waals surface area contributed by atoms with Gasteiger partial charge in [0.1, 0.15) is 11.9 Å². The Bertz CT molecular complexity index is 1250. The van der Waals surface area contributed by atoms with E-state index in [1.807, 2.05) is 72.8 Å². The highest BCUT2D eigenvalue weighted by atomic mass is 32.2. The first-order chi connectivity index (χ1) is 15.2. The largest absolute Gasteiger partial charge is 0.534 e. The number of alkyl halides is 3. The Labute approximate surface area is 184 Å². The maximum Gasteiger partial charge on any atom is 0.534 e. The predicted octanol–water partition coefficient (Wildman–Crippen LogP) is 6.57. The molecule has 4 nitrogen and oxygen atoms in total. The van der Waals surface area contributed by atoms with Crippen molar-refractivity contribution in [3.05, 3.63) is 95.3 Å². The summed E-state index contributed by atoms with van der Waals surface area (Å²) in [5.74, 6) is -0.313. The molecular formula is C24H21F3O4S. The Hall–Kier alpha value is -2.84. The third kappa shape index (κ3) is 4.52. The lowest BCUT2D eigenvalue weighted by Gasteiger charge is -2.34. The fourth-order valence-electron chi connectivity index (χ4n) is 3.92. The molecule has 0 bridgehead atoms. The molecule has 0 amide bonds. The summed E-state index contributed by atoms with van der Waals surface area (Å²) in [5, 5.41) is 1.95. The highest BCUT2D eigenvalue weighted by Gasteiger charge is 2.49. The number of hydrogen-bond acceptors (Lipinski definition) is 4. The van der Waals surface area contributed by atoms with Crippen molar-refractivity contribution in [2.24, 2.45) is 0 Å². The van der Waals surface area contributed by atoms with Gasteiger partial charge in [-0.2, -0.15) is 21.6 Å². The molecule has 1 saturated heterocycles. The van der Waals surface area contributed by atoms with Crippen molar-refractivity contribution < 1.29 is 30.5 Å². The van der Waals surface area contributed by atoms with E-state index in [2.05, 4.69) is 4.18 Å². The summed E-state index contributed by atoms with van der Waals surface area (Å²) < 4.78 is 72.6. The molecular weight excluding hydrogens is 441 g/mol. The molecule has 1 aliphatic rings. The highest BCUT2D eigenvalue weighted by molar-refractivity contribution is 7.87. The van der Waals surface area contributed by atoms with Crippen LogP contribution in [0.5, 0.6) is 0 Å². The molecule has 168 valence electrons. The number of allylic oxidation sites excluding steroid dienone is 1. The molecule has 1 aliphatic heterocycles. The molecule has 8 heteroatoms. The van der Waals surface area contributed by atoms with E-state index in [1.54, 1.807) is 0 Å². The standard InChI is InChI=1S/C24H21F3O4S/c1-16(31-32(28,29)24(25,26)27)21-13-14-22(18-8-3-2-4-9-18)30-23(21)20-12-11-17-7-5-6-10-19(17)15-20/h2-12,15,22-23H,13-14H2,1H3/b21-16+/t22-,23-/m0/s1. The lowest BCUT2D eigenvalue weighted by Crippen LogP contribution is -2.26. The molecule has 3 aromatic rings. The van der Waals surface area contributed by atoms with Crippen LogP contribution >= 0.6 is 0 Å². The van der Waals surface area contributed by atoms with Crippen LogP contribution in [-0.4, -0.2) is 13.9 Å². The molecule has 4 rings (SSSR count). The summed E-state index contributed by atoms with van der Waals surface area (Å²) in [6, 6.07) is 22.8. The number of hydrogen-bond donors (Lipinski definition) is 0. The molecule has 0 N–H and O–H groups in total. The number of halogens is 3. The maximum absolute atomic E-state index is 12.9. The fraction of sp³-hybridized carbons (Fsp3) is 0.250. The van der Waals surface area contributed by atoms with Crippen molar-refractivity contribution in [1.29, 1.82) is 0 Å². The van der Waals surface area contributed by atoms with Gasteiger partial charge >= 0.3 is 15.6 Å². The molecule has 0 radical (unpaired) electrons. The zero-order chi connectivity index (χ0) is 22.9. The van der Waals surface area contributed by atoms with E-state index in [4.69, 9.17) is 4.74 Å². The van der Waals surface area contributed by atoms with E-state index in [1.165, 1.54) is 6.92 Å². The lowest BCUT2D eigenvalue weighted by atomic mass is 9.89. The van der Waals surface area contributed by atoms with E-state index in [0.717, 1.165) is 16.3 Å². The first-order valence-electron chi connectivity index (χ1n) is 10.1. The van der Waals surface area contributed by atoms with Crippen LogP contribution in [0.4, 0.5) is 13.2 Å². The second-order valence-electron chi connectivity index (χ2n) is 7.63. The normalized spacial score (nSPS) is 21.4. The average molecular weight is 462 g/mol. The van der Waals surface area contributed by atoms with Crippen molar-refractivity contribution >= 4 is 20.9 Å². The van der Waals surface area contributed by atoms with Crippen molar-refractivity contribution in [1.82, 2.24) is 0 Å². The predicted molar refractivity (Wildman–Crippen MR) is 115 cm³/mol. The average Bonchev–Trinajstić information content (AvgIpc) is 2.78. The maximum atomic E-state index is 12.9. The molecule has 0 aromatic heterocycles. The Morgan fingerprint density at radius 1 is 0.938 bits per heavy atom. The van der Waals surface area contributed by atoms with Gasteiger partial charge in [0, 0.05) is 5.57 Å². The summed E-state index contributed by atoms with van der Waals surface area (Å²) in [4.78, 5) is 0. The van der Waals surface area contributed by atoms with Gasteiger partial charge in [-0.05, 0) is 47.7 Å². The molecule has 3 aromatic carbocycles. The van der Waals surface area contributed by atoms with Gasteiger partial charge < -0.3 is 8.92 Å². The van der Waals surface area contributed by atoms with Gasteiger partial charge in [-0.25, -0.2) is 0 Å². The first kappa shape index (κ1) is 22.4. The van der Waals surface area contributed by atoms with Gasteiger partial charge in [0.15, 0.2) is 0 Å². The van der Waals surface area contributed by atoms with Crippen LogP contribution in [0, 0.1) is 0 Å². The molecule has 0 unspecified atom stereocenters. The summed E-state index contributed by atoms with van der Waals surface area (Å²) in [6.07, 6.45) is -0.225. The van der Waals surface area contributed by atoms with E-state index in [9.17, 15) is 21.6 Å². The second-order valence-corrected chi connectivity index (χ2v) is 9.16. The van der Waals surface area contributed by atoms with Crippen LogP contribution in [0.1, 0.15) is 43.1 Å². The van der Waals surface area contributed by atoms with Crippen molar-refractivity contribution in [2.45, 2.75) is 37.5 Å². The van der Waals surface area contributed by atoms with Crippen LogP contribution in [0.25, 0.3) is 10.8 Å². The Balaban J connectivity index is 1.76. The van der Waals surface area contributed by atoms with Gasteiger partial charge in [-0.3, -0.25) is 0 Å². The number of fused-ring (bicyclic) bond motifs is 1. The smallest absolute Gasteiger partial charge is 0.381 e. The van der Waals surface area contributed by atoms with Crippen molar-refractivity contribution in [3.63, 3.8) is 0 Å². The summed E-state index contributed by atoms with van der Waals surface area (Å²) in [7, 11) is -5.77. The van der Waals surface area contributed by atoms with Gasteiger partial charge in [-0.1, -0.05) is 66.7 Å². The fourth-order valence-corrected chi connectivity index (χ4v) is 4.45. The zero-order valence-corrected chi connectivity index (χ0v) is 18.0. The van der Waals surface area contributed by atoms with E-state index in [-0.39, 0.29) is 11.9 Å². The number of ether oxygens (including phenoxy) is 1. The van der Waals surface area contributed by atoms with Gasteiger partial charge in [-0.15, -0.1) is 0 Å². The minimum atomic E-state index is -5.77. The van der Waals surface area contributed by atoms with E-state index >= 15 is 0 Å². The summed E-state index contributed by atoms with van der Waals surface area (Å²) in [5.41, 5.74) is -3.47. The molecule has 0 aliphatic carbocycles. The number of rotatable bonds is 4. The summed E-state index contributed by atoms with van der Waals surface area (Å²) in [6.45, 7) is 1.23.